The van der Waals surface area contributed by atoms with Gasteiger partial charge in [-0.3, -0.25) is 9.59 Å². The number of ether oxygens (including phenoxy) is 1. The summed E-state index contributed by atoms with van der Waals surface area (Å²) in [5, 5.41) is 6.57. The second-order valence-corrected chi connectivity index (χ2v) is 6.39. The van der Waals surface area contributed by atoms with Crippen molar-refractivity contribution in [1.29, 1.82) is 0 Å². The van der Waals surface area contributed by atoms with Gasteiger partial charge in [-0.25, -0.2) is 5.43 Å². The van der Waals surface area contributed by atoms with Gasteiger partial charge < -0.3 is 10.1 Å². The molecule has 6 nitrogen and oxygen atoms in total. The molecule has 0 unspecified atom stereocenters. The number of halogens is 1. The summed E-state index contributed by atoms with van der Waals surface area (Å²) in [6, 6.07) is 23.7. The van der Waals surface area contributed by atoms with Crippen LogP contribution in [0, 0.1) is 0 Å². The molecular weight excluding hydrogens is 390 g/mol. The van der Waals surface area contributed by atoms with E-state index in [4.69, 9.17) is 16.3 Å². The van der Waals surface area contributed by atoms with E-state index in [0.717, 1.165) is 5.56 Å². The number of nitrogens with one attached hydrogen (secondary N) is 2. The molecule has 0 bridgehead atoms. The minimum Gasteiger partial charge on any atom is -0.489 e. The molecule has 0 saturated carbocycles. The first kappa shape index (κ1) is 20.1. The zero-order valence-corrected chi connectivity index (χ0v) is 16.1. The minimum atomic E-state index is -0.905. The monoisotopic (exact) mass is 407 g/mol. The number of amides is 2. The fourth-order valence-corrected chi connectivity index (χ4v) is 2.57. The van der Waals surface area contributed by atoms with Gasteiger partial charge in [0.1, 0.15) is 12.4 Å². The predicted molar refractivity (Wildman–Crippen MR) is 113 cm³/mol. The summed E-state index contributed by atoms with van der Waals surface area (Å²) in [6.07, 6.45) is 1.43. The van der Waals surface area contributed by atoms with Gasteiger partial charge in [0.2, 0.25) is 0 Å². The van der Waals surface area contributed by atoms with Crippen LogP contribution in [0.2, 0.25) is 5.02 Å². The third-order valence-electron chi connectivity index (χ3n) is 3.81. The van der Waals surface area contributed by atoms with E-state index in [1.807, 2.05) is 42.5 Å². The molecule has 0 fully saturated rings. The van der Waals surface area contributed by atoms with E-state index in [1.165, 1.54) is 6.21 Å². The zero-order valence-electron chi connectivity index (χ0n) is 15.3. The highest BCUT2D eigenvalue weighted by atomic mass is 35.5. The number of hydrogen-bond donors (Lipinski definition) is 2. The lowest BCUT2D eigenvalue weighted by Crippen LogP contribution is -2.32. The van der Waals surface area contributed by atoms with Gasteiger partial charge in [0, 0.05) is 0 Å². The summed E-state index contributed by atoms with van der Waals surface area (Å²) >= 11 is 5.95. The third-order valence-corrected chi connectivity index (χ3v) is 4.14. The van der Waals surface area contributed by atoms with E-state index < -0.39 is 11.8 Å². The number of para-hydroxylation sites is 1. The van der Waals surface area contributed by atoms with Crippen molar-refractivity contribution in [2.75, 3.05) is 5.32 Å². The molecule has 2 amide bonds. The molecule has 0 aliphatic rings. The summed E-state index contributed by atoms with van der Waals surface area (Å²) in [5.41, 5.74) is 4.30. The molecule has 0 aliphatic heterocycles. The molecule has 0 spiro atoms. The van der Waals surface area contributed by atoms with Crippen molar-refractivity contribution in [1.82, 2.24) is 5.43 Å². The Labute approximate surface area is 173 Å². The Morgan fingerprint density at radius 3 is 2.48 bits per heavy atom. The quantitative estimate of drug-likeness (QED) is 0.368. The van der Waals surface area contributed by atoms with Crippen LogP contribution in [-0.2, 0) is 16.2 Å². The molecule has 0 atom stereocenters. The van der Waals surface area contributed by atoms with Gasteiger partial charge in [-0.2, -0.15) is 5.10 Å². The van der Waals surface area contributed by atoms with E-state index in [9.17, 15) is 9.59 Å². The van der Waals surface area contributed by atoms with Crippen molar-refractivity contribution in [2.45, 2.75) is 6.61 Å². The molecule has 0 aliphatic carbocycles. The number of nitrogens with zero attached hydrogens (tertiary/aromatic N) is 1. The van der Waals surface area contributed by atoms with Crippen LogP contribution in [0.4, 0.5) is 5.69 Å². The second kappa shape index (κ2) is 10.1. The Balaban J connectivity index is 1.52. The molecule has 146 valence electrons. The second-order valence-electron chi connectivity index (χ2n) is 5.98. The maximum atomic E-state index is 11.9. The van der Waals surface area contributed by atoms with E-state index in [-0.39, 0.29) is 0 Å². The fraction of sp³-hybridized carbons (Fsp3) is 0.0455. The van der Waals surface area contributed by atoms with Gasteiger partial charge in [0.05, 0.1) is 16.9 Å². The van der Waals surface area contributed by atoms with Gasteiger partial charge in [0.25, 0.3) is 0 Å². The van der Waals surface area contributed by atoms with Crippen molar-refractivity contribution in [3.63, 3.8) is 0 Å². The minimum absolute atomic E-state index is 0.337. The van der Waals surface area contributed by atoms with Crippen LogP contribution in [0.3, 0.4) is 0 Å². The van der Waals surface area contributed by atoms with Gasteiger partial charge >= 0.3 is 11.8 Å². The van der Waals surface area contributed by atoms with Crippen molar-refractivity contribution < 1.29 is 14.3 Å². The lowest BCUT2D eigenvalue weighted by atomic mass is 10.2. The van der Waals surface area contributed by atoms with Crippen LogP contribution in [-0.4, -0.2) is 18.0 Å². The molecule has 3 rings (SSSR count). The Morgan fingerprint density at radius 1 is 0.931 bits per heavy atom. The molecule has 0 radical (unpaired) electrons. The first-order valence-electron chi connectivity index (χ1n) is 8.77. The first-order chi connectivity index (χ1) is 14.1. The van der Waals surface area contributed by atoms with Crippen LogP contribution in [0.5, 0.6) is 5.75 Å². The molecule has 2 N–H and O–H groups in total. The Hall–Kier alpha value is -3.64. The summed E-state index contributed by atoms with van der Waals surface area (Å²) in [4.78, 5) is 23.8. The molecule has 0 heterocycles. The average Bonchev–Trinajstić information content (AvgIpc) is 2.75. The standard InChI is InChI=1S/C22H18ClN3O3/c23-19-11-4-5-12-20(19)25-21(27)22(28)26-24-14-17-9-6-10-18(13-17)29-15-16-7-2-1-3-8-16/h1-14H,15H2,(H,25,27)(H,26,28)/b24-14+. The summed E-state index contributed by atoms with van der Waals surface area (Å²) in [5.74, 6) is -1.10. The van der Waals surface area contributed by atoms with E-state index in [2.05, 4.69) is 15.8 Å². The Morgan fingerprint density at radius 2 is 1.69 bits per heavy atom. The third kappa shape index (κ3) is 6.19. The highest BCUT2D eigenvalue weighted by Gasteiger charge is 2.14. The molecule has 7 heteroatoms. The molecule has 29 heavy (non-hydrogen) atoms. The van der Waals surface area contributed by atoms with Crippen molar-refractivity contribution in [3.8, 4) is 5.75 Å². The van der Waals surface area contributed by atoms with Crippen LogP contribution in [0.25, 0.3) is 0 Å². The number of anilines is 1. The Kier molecular flexibility index (Phi) is 6.97. The SMILES string of the molecule is O=C(N/N=C/c1cccc(OCc2ccccc2)c1)C(=O)Nc1ccccc1Cl. The lowest BCUT2D eigenvalue weighted by Gasteiger charge is -2.07. The van der Waals surface area contributed by atoms with E-state index in [1.54, 1.807) is 36.4 Å². The highest BCUT2D eigenvalue weighted by molar-refractivity contribution is 6.41. The van der Waals surface area contributed by atoms with Crippen LogP contribution in [0.1, 0.15) is 11.1 Å². The van der Waals surface area contributed by atoms with Crippen molar-refractivity contribution in [2.24, 2.45) is 5.10 Å². The van der Waals surface area contributed by atoms with Gasteiger partial charge in [-0.05, 0) is 35.4 Å². The summed E-state index contributed by atoms with van der Waals surface area (Å²) in [7, 11) is 0. The van der Waals surface area contributed by atoms with Crippen molar-refractivity contribution in [3.05, 3.63) is 95.0 Å². The predicted octanol–water partition coefficient (Wildman–Crippen LogP) is 4.01. The van der Waals surface area contributed by atoms with E-state index >= 15 is 0 Å². The van der Waals surface area contributed by atoms with Gasteiger partial charge in [-0.1, -0.05) is 66.2 Å². The normalized spacial score (nSPS) is 10.5. The number of rotatable bonds is 6. The van der Waals surface area contributed by atoms with Crippen LogP contribution < -0.4 is 15.5 Å². The highest BCUT2D eigenvalue weighted by Crippen LogP contribution is 2.20. The van der Waals surface area contributed by atoms with Crippen molar-refractivity contribution >= 4 is 35.3 Å². The smallest absolute Gasteiger partial charge is 0.329 e. The largest absolute Gasteiger partial charge is 0.489 e. The number of carbonyl (C=O) groups is 2. The molecule has 0 saturated heterocycles. The number of benzene rings is 3. The molecule has 0 aromatic heterocycles. The van der Waals surface area contributed by atoms with Crippen LogP contribution in [0.15, 0.2) is 84.0 Å². The zero-order chi connectivity index (χ0) is 20.5. The van der Waals surface area contributed by atoms with Gasteiger partial charge in [-0.15, -0.1) is 0 Å². The number of hydrogen-bond acceptors (Lipinski definition) is 4. The van der Waals surface area contributed by atoms with Gasteiger partial charge in [0.15, 0.2) is 0 Å². The molecular formula is C22H18ClN3O3. The number of hydrazone groups is 1. The maximum Gasteiger partial charge on any atom is 0.329 e. The summed E-state index contributed by atoms with van der Waals surface area (Å²) < 4.78 is 5.75. The number of carbonyl (C=O) groups excluding carboxylic acids is 2. The summed E-state index contributed by atoms with van der Waals surface area (Å²) in [6.45, 7) is 0.445. The van der Waals surface area contributed by atoms with E-state index in [0.29, 0.717) is 28.6 Å². The van der Waals surface area contributed by atoms with Crippen LogP contribution >= 0.6 is 11.6 Å². The first-order valence-corrected chi connectivity index (χ1v) is 9.15. The topological polar surface area (TPSA) is 79.8 Å². The Bertz CT molecular complexity index is 1020. The molecule has 3 aromatic rings. The fourth-order valence-electron chi connectivity index (χ4n) is 2.38. The lowest BCUT2D eigenvalue weighted by molar-refractivity contribution is -0.136. The maximum absolute atomic E-state index is 11.9. The average molecular weight is 408 g/mol. The molecule has 3 aromatic carbocycles.